The van der Waals surface area contributed by atoms with Crippen molar-refractivity contribution in [2.24, 2.45) is 0 Å². The number of carbonyl (C=O) groups excluding carboxylic acids is 3. The van der Waals surface area contributed by atoms with Gasteiger partial charge < -0.3 is 10.0 Å². The fraction of sp³-hybridized carbons (Fsp3) is 0.769. The average molecular weight is 268 g/mol. The van der Waals surface area contributed by atoms with Gasteiger partial charge in [0, 0.05) is 32.4 Å². The van der Waals surface area contributed by atoms with Crippen LogP contribution in [0.4, 0.5) is 0 Å². The maximum atomic E-state index is 12.1. The normalized spacial score (nSPS) is 24.2. The van der Waals surface area contributed by atoms with E-state index >= 15 is 0 Å². The summed E-state index contributed by atoms with van der Waals surface area (Å²) < 4.78 is 0. The highest BCUT2D eigenvalue weighted by molar-refractivity contribution is 6.02. The van der Waals surface area contributed by atoms with Crippen molar-refractivity contribution in [3.05, 3.63) is 0 Å². The van der Waals surface area contributed by atoms with Crippen LogP contribution in [0.2, 0.25) is 0 Å². The molecule has 0 aliphatic carbocycles. The summed E-state index contributed by atoms with van der Waals surface area (Å²) in [6.07, 6.45) is 3.48. The number of amides is 3. The van der Waals surface area contributed by atoms with E-state index in [4.69, 9.17) is 0 Å². The Bertz CT molecular complexity index is 367. The highest BCUT2D eigenvalue weighted by Crippen LogP contribution is 2.18. The van der Waals surface area contributed by atoms with Crippen LogP contribution < -0.4 is 0 Å². The van der Waals surface area contributed by atoms with Crippen LogP contribution in [0.15, 0.2) is 0 Å². The monoisotopic (exact) mass is 268 g/mol. The first-order valence-corrected chi connectivity index (χ1v) is 6.87. The third-order valence-corrected chi connectivity index (χ3v) is 3.86. The van der Waals surface area contributed by atoms with Crippen LogP contribution >= 0.6 is 0 Å². The second-order valence-electron chi connectivity index (χ2n) is 5.11. The third kappa shape index (κ3) is 3.12. The fourth-order valence-electron chi connectivity index (χ4n) is 2.74. The van der Waals surface area contributed by atoms with Gasteiger partial charge in [0.05, 0.1) is 12.6 Å². The van der Waals surface area contributed by atoms with Gasteiger partial charge >= 0.3 is 0 Å². The molecule has 2 aliphatic heterocycles. The van der Waals surface area contributed by atoms with E-state index in [1.54, 1.807) is 4.90 Å². The molecule has 6 heteroatoms. The number of likely N-dealkylation sites (tertiary alicyclic amines) is 2. The number of aliphatic hydroxyl groups excluding tert-OH is 1. The van der Waals surface area contributed by atoms with E-state index in [1.807, 2.05) is 0 Å². The zero-order valence-electron chi connectivity index (χ0n) is 11.0. The first-order chi connectivity index (χ1) is 9.13. The molecule has 2 saturated heterocycles. The Balaban J connectivity index is 1.86. The number of aliphatic hydroxyl groups is 1. The molecular weight excluding hydrogens is 248 g/mol. The topological polar surface area (TPSA) is 77.9 Å². The number of hydrogen-bond donors (Lipinski definition) is 1. The second-order valence-corrected chi connectivity index (χ2v) is 5.11. The van der Waals surface area contributed by atoms with Crippen molar-refractivity contribution in [3.63, 3.8) is 0 Å². The molecule has 0 aromatic heterocycles. The van der Waals surface area contributed by atoms with Crippen molar-refractivity contribution < 1.29 is 19.5 Å². The number of piperidine rings is 1. The Morgan fingerprint density at radius 2 is 1.89 bits per heavy atom. The van der Waals surface area contributed by atoms with Gasteiger partial charge in [-0.05, 0) is 19.3 Å². The Labute approximate surface area is 112 Å². The zero-order valence-corrected chi connectivity index (χ0v) is 11.0. The van der Waals surface area contributed by atoms with Crippen LogP contribution in [0.1, 0.15) is 38.5 Å². The Hall–Kier alpha value is -1.43. The van der Waals surface area contributed by atoms with E-state index < -0.39 is 0 Å². The first kappa shape index (κ1) is 14.0. The zero-order chi connectivity index (χ0) is 13.8. The van der Waals surface area contributed by atoms with Crippen molar-refractivity contribution >= 4 is 17.7 Å². The molecule has 0 saturated carbocycles. The predicted molar refractivity (Wildman–Crippen MR) is 67.0 cm³/mol. The van der Waals surface area contributed by atoms with E-state index in [0.29, 0.717) is 6.54 Å². The molecule has 2 heterocycles. The van der Waals surface area contributed by atoms with Gasteiger partial charge in [-0.25, -0.2) is 0 Å². The molecule has 106 valence electrons. The molecule has 0 aromatic carbocycles. The van der Waals surface area contributed by atoms with E-state index in [1.165, 1.54) is 4.90 Å². The summed E-state index contributed by atoms with van der Waals surface area (Å²) in [6.45, 7) is 0.810. The lowest BCUT2D eigenvalue weighted by atomic mass is 10.0. The molecule has 6 nitrogen and oxygen atoms in total. The van der Waals surface area contributed by atoms with Gasteiger partial charge in [-0.2, -0.15) is 0 Å². The van der Waals surface area contributed by atoms with Gasteiger partial charge in [0.25, 0.3) is 0 Å². The lowest BCUT2D eigenvalue weighted by Gasteiger charge is -2.35. The SMILES string of the molecule is O=C1CCC(=O)N1CCC(=O)N1CCCCC1CO. The molecule has 3 amide bonds. The van der Waals surface area contributed by atoms with E-state index in [2.05, 4.69) is 0 Å². The smallest absolute Gasteiger partial charge is 0.229 e. The molecule has 2 aliphatic rings. The minimum Gasteiger partial charge on any atom is -0.394 e. The van der Waals surface area contributed by atoms with Gasteiger partial charge in [0.2, 0.25) is 17.7 Å². The lowest BCUT2D eigenvalue weighted by Crippen LogP contribution is -2.46. The number of hydrogen-bond acceptors (Lipinski definition) is 4. The molecule has 19 heavy (non-hydrogen) atoms. The van der Waals surface area contributed by atoms with Crippen molar-refractivity contribution in [2.75, 3.05) is 19.7 Å². The lowest BCUT2D eigenvalue weighted by molar-refractivity contribution is -0.140. The maximum absolute atomic E-state index is 12.1. The fourth-order valence-corrected chi connectivity index (χ4v) is 2.74. The predicted octanol–water partition coefficient (Wildman–Crippen LogP) is -0.101. The highest BCUT2D eigenvalue weighted by Gasteiger charge is 2.31. The van der Waals surface area contributed by atoms with Crippen molar-refractivity contribution in [1.82, 2.24) is 9.80 Å². The van der Waals surface area contributed by atoms with Crippen LogP contribution in [0.5, 0.6) is 0 Å². The molecule has 1 unspecified atom stereocenters. The summed E-state index contributed by atoms with van der Waals surface area (Å²) in [6, 6.07) is -0.105. The number of rotatable bonds is 4. The number of carbonyl (C=O) groups is 3. The van der Waals surface area contributed by atoms with Gasteiger partial charge in [0.1, 0.15) is 0 Å². The van der Waals surface area contributed by atoms with E-state index in [-0.39, 0.29) is 56.2 Å². The summed E-state index contributed by atoms with van der Waals surface area (Å²) in [5.41, 5.74) is 0. The molecule has 0 radical (unpaired) electrons. The minimum absolute atomic E-state index is 0.0205. The standard InChI is InChI=1S/C13H20N2O4/c16-9-10-3-1-2-7-14(10)13(19)6-8-15-11(17)4-5-12(15)18/h10,16H,1-9H2. The molecule has 2 fully saturated rings. The molecule has 1 N–H and O–H groups in total. The number of imide groups is 1. The van der Waals surface area contributed by atoms with Gasteiger partial charge in [-0.15, -0.1) is 0 Å². The van der Waals surface area contributed by atoms with E-state index in [0.717, 1.165) is 19.3 Å². The summed E-state index contributed by atoms with van der Waals surface area (Å²) in [7, 11) is 0. The van der Waals surface area contributed by atoms with Crippen LogP contribution in [-0.2, 0) is 14.4 Å². The minimum atomic E-state index is -0.185. The first-order valence-electron chi connectivity index (χ1n) is 6.87. The van der Waals surface area contributed by atoms with Crippen molar-refractivity contribution in [3.8, 4) is 0 Å². The molecule has 0 aromatic rings. The Morgan fingerprint density at radius 1 is 1.21 bits per heavy atom. The highest BCUT2D eigenvalue weighted by atomic mass is 16.3. The number of nitrogens with zero attached hydrogens (tertiary/aromatic N) is 2. The second kappa shape index (κ2) is 6.14. The third-order valence-electron chi connectivity index (χ3n) is 3.86. The van der Waals surface area contributed by atoms with Crippen LogP contribution in [0, 0.1) is 0 Å². The van der Waals surface area contributed by atoms with E-state index in [9.17, 15) is 19.5 Å². The average Bonchev–Trinajstić information content (AvgIpc) is 2.75. The largest absolute Gasteiger partial charge is 0.394 e. The Morgan fingerprint density at radius 3 is 2.53 bits per heavy atom. The Kier molecular flexibility index (Phi) is 4.52. The van der Waals surface area contributed by atoms with Gasteiger partial charge in [0.15, 0.2) is 0 Å². The summed E-state index contributed by atoms with van der Waals surface area (Å²) >= 11 is 0. The van der Waals surface area contributed by atoms with Crippen LogP contribution in [-0.4, -0.2) is 58.4 Å². The molecule has 0 bridgehead atoms. The summed E-state index contributed by atoms with van der Waals surface area (Å²) in [4.78, 5) is 37.8. The summed E-state index contributed by atoms with van der Waals surface area (Å²) in [5, 5.41) is 9.26. The molecule has 1 atom stereocenters. The quantitative estimate of drug-likeness (QED) is 0.722. The van der Waals surface area contributed by atoms with Crippen LogP contribution in [0.3, 0.4) is 0 Å². The maximum Gasteiger partial charge on any atom is 0.229 e. The van der Waals surface area contributed by atoms with Crippen LogP contribution in [0.25, 0.3) is 0 Å². The molecule has 2 rings (SSSR count). The van der Waals surface area contributed by atoms with Crippen molar-refractivity contribution in [1.29, 1.82) is 0 Å². The molecular formula is C13H20N2O4. The molecule has 0 spiro atoms. The van der Waals surface area contributed by atoms with Gasteiger partial charge in [-0.1, -0.05) is 0 Å². The van der Waals surface area contributed by atoms with Crippen molar-refractivity contribution in [2.45, 2.75) is 44.6 Å². The summed E-state index contributed by atoms with van der Waals surface area (Å²) in [5.74, 6) is -0.448. The van der Waals surface area contributed by atoms with Gasteiger partial charge in [-0.3, -0.25) is 19.3 Å².